The predicted octanol–water partition coefficient (Wildman–Crippen LogP) is 4.69. The Kier molecular flexibility index (Phi) is 5.88. The second-order valence-corrected chi connectivity index (χ2v) is 5.74. The number of furan rings is 1. The minimum atomic E-state index is -4.74. The van der Waals surface area contributed by atoms with Crippen molar-refractivity contribution >= 4 is 5.91 Å². The Balaban J connectivity index is 1.49. The van der Waals surface area contributed by atoms with Crippen LogP contribution < -0.4 is 14.8 Å². The van der Waals surface area contributed by atoms with Gasteiger partial charge in [-0.3, -0.25) is 4.79 Å². The molecular formula is C20H16F3NO4. The van der Waals surface area contributed by atoms with Crippen molar-refractivity contribution in [1.29, 1.82) is 0 Å². The summed E-state index contributed by atoms with van der Waals surface area (Å²) in [4.78, 5) is 12.1. The minimum absolute atomic E-state index is 0.115. The van der Waals surface area contributed by atoms with Crippen molar-refractivity contribution in [2.45, 2.75) is 19.5 Å². The van der Waals surface area contributed by atoms with Gasteiger partial charge in [-0.05, 0) is 42.0 Å². The van der Waals surface area contributed by atoms with Crippen LogP contribution in [0, 0.1) is 0 Å². The number of para-hydroxylation sites is 1. The molecule has 5 nitrogen and oxygen atoms in total. The summed E-state index contributed by atoms with van der Waals surface area (Å²) in [7, 11) is 0. The first kappa shape index (κ1) is 19.3. The molecule has 1 N–H and O–H groups in total. The molecule has 0 aliphatic carbocycles. The summed E-state index contributed by atoms with van der Waals surface area (Å²) in [6.45, 7) is 0.305. The number of alkyl halides is 3. The third-order valence-electron chi connectivity index (χ3n) is 3.62. The molecule has 3 rings (SSSR count). The van der Waals surface area contributed by atoms with Crippen LogP contribution in [0.1, 0.15) is 21.9 Å². The van der Waals surface area contributed by atoms with Gasteiger partial charge in [0.25, 0.3) is 5.91 Å². The number of carbonyl (C=O) groups is 1. The van der Waals surface area contributed by atoms with Crippen molar-refractivity contribution in [2.75, 3.05) is 0 Å². The first-order valence-electron chi connectivity index (χ1n) is 8.28. The van der Waals surface area contributed by atoms with Gasteiger partial charge < -0.3 is 19.2 Å². The van der Waals surface area contributed by atoms with Gasteiger partial charge >= 0.3 is 6.36 Å². The van der Waals surface area contributed by atoms with Crippen molar-refractivity contribution in [3.63, 3.8) is 0 Å². The fraction of sp³-hybridized carbons (Fsp3) is 0.150. The number of hydrogen-bond acceptors (Lipinski definition) is 4. The maximum atomic E-state index is 12.1. The second kappa shape index (κ2) is 8.51. The van der Waals surface area contributed by atoms with Crippen LogP contribution in [0.2, 0.25) is 0 Å². The average molecular weight is 391 g/mol. The molecule has 8 heteroatoms. The molecule has 1 heterocycles. The fourth-order valence-corrected chi connectivity index (χ4v) is 2.33. The van der Waals surface area contributed by atoms with Gasteiger partial charge in [-0.1, -0.05) is 30.3 Å². The molecule has 28 heavy (non-hydrogen) atoms. The van der Waals surface area contributed by atoms with Crippen molar-refractivity contribution in [2.24, 2.45) is 0 Å². The summed E-state index contributed by atoms with van der Waals surface area (Å²) >= 11 is 0. The van der Waals surface area contributed by atoms with Gasteiger partial charge in [0.2, 0.25) is 0 Å². The zero-order chi connectivity index (χ0) is 20.0. The molecule has 0 saturated heterocycles. The Morgan fingerprint density at radius 2 is 1.64 bits per heavy atom. The van der Waals surface area contributed by atoms with E-state index in [4.69, 9.17) is 9.15 Å². The first-order chi connectivity index (χ1) is 13.4. The van der Waals surface area contributed by atoms with E-state index in [0.717, 1.165) is 0 Å². The molecule has 146 valence electrons. The molecule has 0 atom stereocenters. The maximum absolute atomic E-state index is 12.1. The van der Waals surface area contributed by atoms with Crippen LogP contribution in [0.5, 0.6) is 11.5 Å². The summed E-state index contributed by atoms with van der Waals surface area (Å²) in [6.07, 6.45) is -4.74. The van der Waals surface area contributed by atoms with Crippen LogP contribution in [-0.4, -0.2) is 12.3 Å². The van der Waals surface area contributed by atoms with Gasteiger partial charge in [-0.2, -0.15) is 0 Å². The molecule has 0 unspecified atom stereocenters. The van der Waals surface area contributed by atoms with Gasteiger partial charge in [0.1, 0.15) is 23.9 Å². The summed E-state index contributed by atoms with van der Waals surface area (Å²) in [5.41, 5.74) is 0.613. The fourth-order valence-electron chi connectivity index (χ4n) is 2.33. The Bertz CT molecular complexity index is 905. The molecule has 0 radical (unpaired) electrons. The molecule has 0 aliphatic rings. The highest BCUT2D eigenvalue weighted by Gasteiger charge is 2.30. The van der Waals surface area contributed by atoms with Crippen LogP contribution in [0.3, 0.4) is 0 Å². The van der Waals surface area contributed by atoms with E-state index in [1.54, 1.807) is 6.07 Å². The number of benzene rings is 2. The van der Waals surface area contributed by atoms with Crippen molar-refractivity contribution in [3.05, 3.63) is 83.8 Å². The Hall–Kier alpha value is -3.42. The standard InChI is InChI=1S/C20H16F3NO4/c21-20(22,23)28-16-8-6-14(7-9-16)12-24-19(25)18-11-10-17(27-18)13-26-15-4-2-1-3-5-15/h1-11H,12-13H2,(H,24,25). The molecule has 0 fully saturated rings. The number of ether oxygens (including phenoxy) is 2. The molecule has 2 aromatic carbocycles. The smallest absolute Gasteiger partial charge is 0.486 e. The SMILES string of the molecule is O=C(NCc1ccc(OC(F)(F)F)cc1)c1ccc(COc2ccccc2)o1. The Morgan fingerprint density at radius 3 is 2.32 bits per heavy atom. The van der Waals surface area contributed by atoms with Crippen molar-refractivity contribution in [3.8, 4) is 11.5 Å². The monoisotopic (exact) mass is 391 g/mol. The topological polar surface area (TPSA) is 60.7 Å². The first-order valence-corrected chi connectivity index (χ1v) is 8.28. The van der Waals surface area contributed by atoms with Gasteiger partial charge in [-0.15, -0.1) is 13.2 Å². The lowest BCUT2D eigenvalue weighted by atomic mass is 10.2. The molecule has 0 bridgehead atoms. The molecular weight excluding hydrogens is 375 g/mol. The summed E-state index contributed by atoms with van der Waals surface area (Å²) in [5.74, 6) is 0.521. The van der Waals surface area contributed by atoms with E-state index < -0.39 is 12.3 Å². The second-order valence-electron chi connectivity index (χ2n) is 5.74. The van der Waals surface area contributed by atoms with Gasteiger partial charge in [0.15, 0.2) is 5.76 Å². The van der Waals surface area contributed by atoms with E-state index in [9.17, 15) is 18.0 Å². The lowest BCUT2D eigenvalue weighted by Gasteiger charge is -2.09. The molecule has 0 spiro atoms. The highest BCUT2D eigenvalue weighted by atomic mass is 19.4. The van der Waals surface area contributed by atoms with E-state index in [1.807, 2.05) is 30.3 Å². The predicted molar refractivity (Wildman–Crippen MR) is 93.8 cm³/mol. The molecule has 0 aliphatic heterocycles. The van der Waals surface area contributed by atoms with Crippen LogP contribution >= 0.6 is 0 Å². The van der Waals surface area contributed by atoms with Crippen molar-refractivity contribution < 1.29 is 31.9 Å². The van der Waals surface area contributed by atoms with Crippen LogP contribution in [0.15, 0.2) is 71.1 Å². The lowest BCUT2D eigenvalue weighted by molar-refractivity contribution is -0.274. The number of halogens is 3. The van der Waals surface area contributed by atoms with Crippen LogP contribution in [0.25, 0.3) is 0 Å². The molecule has 3 aromatic rings. The largest absolute Gasteiger partial charge is 0.573 e. The van der Waals surface area contributed by atoms with E-state index in [2.05, 4.69) is 10.1 Å². The highest BCUT2D eigenvalue weighted by molar-refractivity contribution is 5.91. The zero-order valence-electron chi connectivity index (χ0n) is 14.5. The summed E-state index contributed by atoms with van der Waals surface area (Å²) < 4.78 is 51.2. The highest BCUT2D eigenvalue weighted by Crippen LogP contribution is 2.22. The third-order valence-corrected chi connectivity index (χ3v) is 3.62. The average Bonchev–Trinajstić information content (AvgIpc) is 3.14. The number of hydrogen-bond donors (Lipinski definition) is 1. The summed E-state index contributed by atoms with van der Waals surface area (Å²) in [6, 6.07) is 17.6. The van der Waals surface area contributed by atoms with Crippen molar-refractivity contribution in [1.82, 2.24) is 5.32 Å². The third kappa shape index (κ3) is 5.80. The maximum Gasteiger partial charge on any atom is 0.573 e. The van der Waals surface area contributed by atoms with E-state index in [1.165, 1.54) is 30.3 Å². The molecule has 1 aromatic heterocycles. The number of carbonyl (C=O) groups excluding carboxylic acids is 1. The van der Waals surface area contributed by atoms with Crippen LogP contribution in [0.4, 0.5) is 13.2 Å². The quantitative estimate of drug-likeness (QED) is 0.635. The minimum Gasteiger partial charge on any atom is -0.486 e. The van der Waals surface area contributed by atoms with E-state index in [-0.39, 0.29) is 24.7 Å². The van der Waals surface area contributed by atoms with E-state index >= 15 is 0 Å². The molecule has 1 amide bonds. The normalized spacial score (nSPS) is 11.1. The van der Waals surface area contributed by atoms with Crippen LogP contribution in [-0.2, 0) is 13.2 Å². The number of rotatable bonds is 7. The van der Waals surface area contributed by atoms with Gasteiger partial charge in [0, 0.05) is 6.54 Å². The van der Waals surface area contributed by atoms with E-state index in [0.29, 0.717) is 17.1 Å². The number of nitrogens with one attached hydrogen (secondary N) is 1. The van der Waals surface area contributed by atoms with Gasteiger partial charge in [0.05, 0.1) is 0 Å². The van der Waals surface area contributed by atoms with Gasteiger partial charge in [-0.25, -0.2) is 0 Å². The molecule has 0 saturated carbocycles. The lowest BCUT2D eigenvalue weighted by Crippen LogP contribution is -2.22. The Morgan fingerprint density at radius 1 is 0.929 bits per heavy atom. The Labute approximate surface area is 158 Å². The zero-order valence-corrected chi connectivity index (χ0v) is 14.5. The summed E-state index contributed by atoms with van der Waals surface area (Å²) in [5, 5.41) is 2.63. The number of amides is 1.